The second-order valence-electron chi connectivity index (χ2n) is 5.91. The van der Waals surface area contributed by atoms with Crippen LogP contribution in [0.1, 0.15) is 37.4 Å². The molecule has 0 amide bonds. The van der Waals surface area contributed by atoms with Crippen LogP contribution in [0.5, 0.6) is 0 Å². The maximum Gasteiger partial charge on any atom is 0.269 e. The van der Waals surface area contributed by atoms with Crippen LogP contribution in [0.15, 0.2) is 52.9 Å². The maximum atomic E-state index is 10.7. The normalized spacial score (nSPS) is 13.3. The summed E-state index contributed by atoms with van der Waals surface area (Å²) in [6.45, 7) is 3.95. The molecule has 0 spiro atoms. The van der Waals surface area contributed by atoms with Gasteiger partial charge in [-0.3, -0.25) is 15.4 Å². The van der Waals surface area contributed by atoms with Gasteiger partial charge in [-0.25, -0.2) is 0 Å². The fourth-order valence-corrected chi connectivity index (χ4v) is 2.77. The molecule has 2 aromatic carbocycles. The number of nitro groups is 1. The monoisotopic (exact) mass is 372 g/mol. The van der Waals surface area contributed by atoms with Gasteiger partial charge in [-0.05, 0) is 43.7 Å². The summed E-state index contributed by atoms with van der Waals surface area (Å²) >= 11 is 6.03. The molecule has 0 fully saturated rings. The average Bonchev–Trinajstić information content (AvgIpc) is 3.12. The molecule has 0 bridgehead atoms. The molecule has 0 radical (unpaired) electrons. The predicted octanol–water partition coefficient (Wildman–Crippen LogP) is 4.71. The van der Waals surface area contributed by atoms with E-state index in [0.717, 1.165) is 5.56 Å². The molecule has 3 rings (SSSR count). The van der Waals surface area contributed by atoms with E-state index in [0.29, 0.717) is 22.4 Å². The van der Waals surface area contributed by atoms with Gasteiger partial charge in [0, 0.05) is 28.8 Å². The first-order valence-corrected chi connectivity index (χ1v) is 8.41. The van der Waals surface area contributed by atoms with Crippen molar-refractivity contribution < 1.29 is 9.34 Å². The highest BCUT2D eigenvalue weighted by Gasteiger charge is 2.18. The Bertz CT molecular complexity index is 911. The summed E-state index contributed by atoms with van der Waals surface area (Å²) in [5.41, 5.74) is 1.70. The molecule has 0 saturated carbocycles. The molecule has 0 aliphatic heterocycles. The molecule has 1 aromatic heterocycles. The quantitative estimate of drug-likeness (QED) is 0.497. The molecule has 1 heterocycles. The number of benzene rings is 2. The lowest BCUT2D eigenvalue weighted by Crippen LogP contribution is -2.22. The molecule has 26 heavy (non-hydrogen) atoms. The number of non-ortho nitro benzene ring substituents is 1. The van der Waals surface area contributed by atoms with Crippen molar-refractivity contribution in [3.8, 4) is 11.5 Å². The molecule has 1 N–H and O–H groups in total. The third-order valence-corrected chi connectivity index (χ3v) is 4.22. The van der Waals surface area contributed by atoms with Crippen LogP contribution in [0.2, 0.25) is 5.02 Å². The van der Waals surface area contributed by atoms with Crippen molar-refractivity contribution in [3.05, 3.63) is 75.1 Å². The van der Waals surface area contributed by atoms with E-state index >= 15 is 0 Å². The van der Waals surface area contributed by atoms with Gasteiger partial charge in [-0.1, -0.05) is 23.7 Å². The van der Waals surface area contributed by atoms with Gasteiger partial charge in [0.05, 0.1) is 11.0 Å². The van der Waals surface area contributed by atoms with Crippen molar-refractivity contribution in [2.75, 3.05) is 0 Å². The number of nitrogens with zero attached hydrogens (tertiary/aromatic N) is 3. The van der Waals surface area contributed by atoms with Crippen LogP contribution in [-0.4, -0.2) is 15.1 Å². The summed E-state index contributed by atoms with van der Waals surface area (Å²) in [7, 11) is 0. The van der Waals surface area contributed by atoms with E-state index in [1.54, 1.807) is 12.1 Å². The minimum absolute atomic E-state index is 0.0128. The number of aromatic nitrogens is 2. The van der Waals surface area contributed by atoms with E-state index in [1.807, 2.05) is 38.1 Å². The molecule has 134 valence electrons. The Hall–Kier alpha value is -2.77. The van der Waals surface area contributed by atoms with Gasteiger partial charge >= 0.3 is 0 Å². The molecule has 0 aliphatic carbocycles. The van der Waals surface area contributed by atoms with Gasteiger partial charge in [0.2, 0.25) is 11.8 Å². The van der Waals surface area contributed by atoms with Crippen LogP contribution in [0.4, 0.5) is 5.69 Å². The highest BCUT2D eigenvalue weighted by atomic mass is 35.5. The summed E-state index contributed by atoms with van der Waals surface area (Å²) in [5.74, 6) is 0.756. The average molecular weight is 373 g/mol. The molecule has 0 saturated heterocycles. The summed E-state index contributed by atoms with van der Waals surface area (Å²) < 4.78 is 5.71. The Kier molecular flexibility index (Phi) is 5.29. The summed E-state index contributed by atoms with van der Waals surface area (Å²) in [4.78, 5) is 10.3. The zero-order chi connectivity index (χ0) is 18.7. The number of nitro benzene ring substituents is 1. The highest BCUT2D eigenvalue weighted by molar-refractivity contribution is 6.30. The molecule has 0 unspecified atom stereocenters. The van der Waals surface area contributed by atoms with Gasteiger partial charge < -0.3 is 4.42 Å². The Morgan fingerprint density at radius 1 is 1.12 bits per heavy atom. The first kappa shape index (κ1) is 18.0. The van der Waals surface area contributed by atoms with E-state index in [1.165, 1.54) is 12.1 Å². The molecular weight excluding hydrogens is 356 g/mol. The van der Waals surface area contributed by atoms with Gasteiger partial charge in [0.15, 0.2) is 0 Å². The third kappa shape index (κ3) is 4.07. The Morgan fingerprint density at radius 3 is 2.50 bits per heavy atom. The summed E-state index contributed by atoms with van der Waals surface area (Å²) in [6.07, 6.45) is 0. The molecule has 8 heteroatoms. The van der Waals surface area contributed by atoms with Gasteiger partial charge in [-0.15, -0.1) is 10.2 Å². The largest absolute Gasteiger partial charge is 0.419 e. The van der Waals surface area contributed by atoms with Crippen LogP contribution in [0.25, 0.3) is 11.5 Å². The smallest absolute Gasteiger partial charge is 0.269 e. The van der Waals surface area contributed by atoms with Crippen molar-refractivity contribution in [2.24, 2.45) is 0 Å². The maximum absolute atomic E-state index is 10.7. The van der Waals surface area contributed by atoms with Gasteiger partial charge in [-0.2, -0.15) is 0 Å². The fraction of sp³-hybridized carbons (Fsp3) is 0.222. The number of hydrogen-bond donors (Lipinski definition) is 1. The van der Waals surface area contributed by atoms with Gasteiger partial charge in [0.1, 0.15) is 0 Å². The third-order valence-electron chi connectivity index (χ3n) is 3.98. The lowest BCUT2D eigenvalue weighted by atomic mass is 10.1. The first-order chi connectivity index (χ1) is 12.4. The Labute approximate surface area is 155 Å². The standard InChI is InChI=1S/C18H17ClN4O3/c1-11(14-4-3-5-15(19)10-14)20-12(2)17-21-22-18(26-17)13-6-8-16(9-7-13)23(24)25/h3-12,20H,1-2H3/t11-,12+/m1/s1. The zero-order valence-electron chi connectivity index (χ0n) is 14.2. The first-order valence-electron chi connectivity index (χ1n) is 8.04. The molecule has 2 atom stereocenters. The summed E-state index contributed by atoms with van der Waals surface area (Å²) in [6, 6.07) is 13.5. The number of nitrogens with one attached hydrogen (secondary N) is 1. The van der Waals surface area contributed by atoms with Crippen molar-refractivity contribution >= 4 is 17.3 Å². The van der Waals surface area contributed by atoms with E-state index in [2.05, 4.69) is 15.5 Å². The molecule has 7 nitrogen and oxygen atoms in total. The Balaban J connectivity index is 1.71. The lowest BCUT2D eigenvalue weighted by Gasteiger charge is -2.18. The second kappa shape index (κ2) is 7.63. The zero-order valence-corrected chi connectivity index (χ0v) is 15.0. The van der Waals surface area contributed by atoms with E-state index < -0.39 is 4.92 Å². The molecule has 3 aromatic rings. The van der Waals surface area contributed by atoms with E-state index in [-0.39, 0.29) is 17.8 Å². The van der Waals surface area contributed by atoms with Crippen molar-refractivity contribution in [2.45, 2.75) is 25.9 Å². The fourth-order valence-electron chi connectivity index (χ4n) is 2.57. The second-order valence-corrected chi connectivity index (χ2v) is 6.35. The van der Waals surface area contributed by atoms with E-state index in [4.69, 9.17) is 16.0 Å². The minimum Gasteiger partial charge on any atom is -0.419 e. The minimum atomic E-state index is -0.452. The SMILES string of the molecule is C[C@H](N[C@H](C)c1cccc(Cl)c1)c1nnc(-c2ccc([N+](=O)[O-])cc2)o1. The topological polar surface area (TPSA) is 94.1 Å². The van der Waals surface area contributed by atoms with Crippen molar-refractivity contribution in [1.82, 2.24) is 15.5 Å². The number of hydrogen-bond acceptors (Lipinski definition) is 6. The lowest BCUT2D eigenvalue weighted by molar-refractivity contribution is -0.384. The number of halogens is 1. The van der Waals surface area contributed by atoms with Crippen LogP contribution in [0.3, 0.4) is 0 Å². The number of rotatable bonds is 6. The van der Waals surface area contributed by atoms with Crippen LogP contribution >= 0.6 is 11.6 Å². The summed E-state index contributed by atoms with van der Waals surface area (Å²) in [5, 5.41) is 22.9. The molecule has 0 aliphatic rings. The Morgan fingerprint density at radius 2 is 1.85 bits per heavy atom. The van der Waals surface area contributed by atoms with Crippen molar-refractivity contribution in [1.29, 1.82) is 0 Å². The van der Waals surface area contributed by atoms with Gasteiger partial charge in [0.25, 0.3) is 5.69 Å². The van der Waals surface area contributed by atoms with Crippen LogP contribution < -0.4 is 5.32 Å². The van der Waals surface area contributed by atoms with Crippen LogP contribution in [-0.2, 0) is 0 Å². The predicted molar refractivity (Wildman–Crippen MR) is 97.8 cm³/mol. The highest BCUT2D eigenvalue weighted by Crippen LogP contribution is 2.25. The molecular formula is C18H17ClN4O3. The van der Waals surface area contributed by atoms with Crippen LogP contribution in [0, 0.1) is 10.1 Å². The van der Waals surface area contributed by atoms with Crippen molar-refractivity contribution in [3.63, 3.8) is 0 Å². The van der Waals surface area contributed by atoms with E-state index in [9.17, 15) is 10.1 Å².